The largest absolute Gasteiger partial charge is 0.384 e. The Morgan fingerprint density at radius 2 is 1.53 bits per heavy atom. The number of benzene rings is 3. The van der Waals surface area contributed by atoms with E-state index in [0.717, 1.165) is 24.2 Å². The molecule has 4 rings (SSSR count). The summed E-state index contributed by atoms with van der Waals surface area (Å²) in [5.41, 5.74) is 5.44. The lowest BCUT2D eigenvalue weighted by molar-refractivity contribution is 0.101. The molecule has 1 heterocycles. The van der Waals surface area contributed by atoms with Crippen LogP contribution in [0.25, 0.3) is 0 Å². The minimum absolute atomic E-state index is 0.196. The molecule has 0 bridgehead atoms. The predicted molar refractivity (Wildman–Crippen MR) is 121 cm³/mol. The van der Waals surface area contributed by atoms with E-state index in [9.17, 15) is 9.59 Å². The smallest absolute Gasteiger partial charge is 0.257 e. The monoisotopic (exact) mass is 399 g/mol. The minimum Gasteiger partial charge on any atom is -0.384 e. The summed E-state index contributed by atoms with van der Waals surface area (Å²) in [6.45, 7) is 5.04. The second kappa shape index (κ2) is 8.41. The normalized spacial score (nSPS) is 14.9. The molecule has 3 aromatic carbocycles. The van der Waals surface area contributed by atoms with Crippen LogP contribution in [0.1, 0.15) is 51.1 Å². The molecular weight excluding hydrogens is 374 g/mol. The van der Waals surface area contributed by atoms with Gasteiger partial charge in [0.2, 0.25) is 0 Å². The van der Waals surface area contributed by atoms with E-state index in [1.165, 1.54) is 5.56 Å². The van der Waals surface area contributed by atoms with E-state index in [-0.39, 0.29) is 11.8 Å². The summed E-state index contributed by atoms with van der Waals surface area (Å²) < 4.78 is 0. The van der Waals surface area contributed by atoms with Crippen LogP contribution in [-0.2, 0) is 0 Å². The highest BCUT2D eigenvalue weighted by Gasteiger charge is 2.23. The van der Waals surface area contributed by atoms with E-state index in [1.807, 2.05) is 43.3 Å². The van der Waals surface area contributed by atoms with Gasteiger partial charge in [0.1, 0.15) is 0 Å². The average molecular weight is 399 g/mol. The molecular formula is C25H25N3O2. The summed E-state index contributed by atoms with van der Waals surface area (Å²) in [6.07, 6.45) is 1.05. The Bertz CT molecular complexity index is 1090. The van der Waals surface area contributed by atoms with Crippen molar-refractivity contribution in [1.82, 2.24) is 0 Å². The Kier molecular flexibility index (Phi) is 5.53. The van der Waals surface area contributed by atoms with Gasteiger partial charge >= 0.3 is 0 Å². The summed E-state index contributed by atoms with van der Waals surface area (Å²) in [7, 11) is 0. The first-order valence-electron chi connectivity index (χ1n) is 10.2. The highest BCUT2D eigenvalue weighted by molar-refractivity contribution is 6.12. The second-order valence-corrected chi connectivity index (χ2v) is 7.71. The van der Waals surface area contributed by atoms with Crippen LogP contribution in [0, 0.1) is 6.92 Å². The van der Waals surface area contributed by atoms with Crippen molar-refractivity contribution >= 4 is 28.9 Å². The van der Waals surface area contributed by atoms with E-state index in [0.29, 0.717) is 28.4 Å². The van der Waals surface area contributed by atoms with Crippen LogP contribution < -0.4 is 16.0 Å². The summed E-state index contributed by atoms with van der Waals surface area (Å²) >= 11 is 0. The number of hydrogen-bond donors (Lipinski definition) is 3. The maximum atomic E-state index is 13.2. The van der Waals surface area contributed by atoms with Gasteiger partial charge in [0.25, 0.3) is 11.8 Å². The number of para-hydroxylation sites is 2. The van der Waals surface area contributed by atoms with Crippen molar-refractivity contribution in [2.24, 2.45) is 0 Å². The van der Waals surface area contributed by atoms with Crippen LogP contribution in [0.2, 0.25) is 0 Å². The zero-order chi connectivity index (χ0) is 21.1. The molecule has 3 aromatic rings. The zero-order valence-corrected chi connectivity index (χ0v) is 17.2. The number of carbonyl (C=O) groups excluding carboxylic acids is 2. The number of aryl methyl sites for hydroxylation is 1. The number of nitrogens with one attached hydrogen (secondary N) is 3. The molecule has 5 nitrogen and oxygen atoms in total. The lowest BCUT2D eigenvalue weighted by Crippen LogP contribution is -2.22. The van der Waals surface area contributed by atoms with E-state index in [4.69, 9.17) is 0 Å². The Morgan fingerprint density at radius 1 is 0.900 bits per heavy atom. The molecule has 0 spiro atoms. The Morgan fingerprint density at radius 3 is 2.23 bits per heavy atom. The number of hydrogen-bond acceptors (Lipinski definition) is 3. The lowest BCUT2D eigenvalue weighted by Gasteiger charge is -2.26. The van der Waals surface area contributed by atoms with Gasteiger partial charge in [-0.1, -0.05) is 43.3 Å². The molecule has 0 radical (unpaired) electrons. The fourth-order valence-electron chi connectivity index (χ4n) is 3.82. The number of rotatable bonds is 4. The van der Waals surface area contributed by atoms with Crippen molar-refractivity contribution in [2.75, 3.05) is 22.5 Å². The Labute approximate surface area is 176 Å². The van der Waals surface area contributed by atoms with Crippen LogP contribution in [0.3, 0.4) is 0 Å². The van der Waals surface area contributed by atoms with Crippen molar-refractivity contribution in [3.8, 4) is 0 Å². The second-order valence-electron chi connectivity index (χ2n) is 7.71. The first kappa shape index (κ1) is 19.7. The molecule has 0 saturated heterocycles. The average Bonchev–Trinajstić information content (AvgIpc) is 2.76. The third-order valence-electron chi connectivity index (χ3n) is 5.43. The Balaban J connectivity index is 1.60. The zero-order valence-electron chi connectivity index (χ0n) is 17.2. The van der Waals surface area contributed by atoms with Gasteiger partial charge < -0.3 is 16.0 Å². The molecule has 0 aliphatic carbocycles. The van der Waals surface area contributed by atoms with Gasteiger partial charge in [-0.2, -0.15) is 0 Å². The van der Waals surface area contributed by atoms with Gasteiger partial charge in [-0.05, 0) is 60.7 Å². The molecule has 3 N–H and O–H groups in total. The van der Waals surface area contributed by atoms with E-state index < -0.39 is 0 Å². The highest BCUT2D eigenvalue weighted by atomic mass is 16.2. The van der Waals surface area contributed by atoms with Crippen molar-refractivity contribution < 1.29 is 9.59 Å². The van der Waals surface area contributed by atoms with E-state index in [2.05, 4.69) is 28.9 Å². The fraction of sp³-hybridized carbons (Fsp3) is 0.200. The molecule has 1 atom stereocenters. The number of anilines is 3. The van der Waals surface area contributed by atoms with Crippen LogP contribution in [-0.4, -0.2) is 18.4 Å². The van der Waals surface area contributed by atoms with E-state index in [1.54, 1.807) is 24.3 Å². The molecule has 5 heteroatoms. The maximum Gasteiger partial charge on any atom is 0.257 e. The highest BCUT2D eigenvalue weighted by Crippen LogP contribution is 2.35. The molecule has 1 unspecified atom stereocenters. The van der Waals surface area contributed by atoms with Crippen LogP contribution in [0.5, 0.6) is 0 Å². The number of carbonyl (C=O) groups is 2. The van der Waals surface area contributed by atoms with Crippen LogP contribution in [0.15, 0.2) is 66.7 Å². The first-order valence-corrected chi connectivity index (χ1v) is 10.2. The van der Waals surface area contributed by atoms with Crippen LogP contribution in [0.4, 0.5) is 17.1 Å². The SMILES string of the molecule is Cc1cc(C(=O)Nc2ccccc2NC(=O)c2ccccc2)c2c(c1)C(C)CCN2. The third-order valence-corrected chi connectivity index (χ3v) is 5.43. The molecule has 1 aliphatic heterocycles. The molecule has 0 aromatic heterocycles. The Hall–Kier alpha value is -3.60. The predicted octanol–water partition coefficient (Wildman–Crippen LogP) is 5.42. The minimum atomic E-state index is -0.222. The lowest BCUT2D eigenvalue weighted by atomic mass is 9.89. The van der Waals surface area contributed by atoms with Gasteiger partial charge in [-0.25, -0.2) is 0 Å². The van der Waals surface area contributed by atoms with Crippen molar-refractivity contribution in [3.63, 3.8) is 0 Å². The van der Waals surface area contributed by atoms with Gasteiger partial charge in [-0.3, -0.25) is 9.59 Å². The van der Waals surface area contributed by atoms with E-state index >= 15 is 0 Å². The van der Waals surface area contributed by atoms with Crippen molar-refractivity contribution in [3.05, 3.63) is 89.0 Å². The van der Waals surface area contributed by atoms with Crippen molar-refractivity contribution in [1.29, 1.82) is 0 Å². The van der Waals surface area contributed by atoms with Gasteiger partial charge in [0.05, 0.1) is 22.6 Å². The molecule has 30 heavy (non-hydrogen) atoms. The summed E-state index contributed by atoms with van der Waals surface area (Å²) in [5, 5.41) is 9.27. The molecule has 1 aliphatic rings. The van der Waals surface area contributed by atoms with Crippen LogP contribution >= 0.6 is 0 Å². The van der Waals surface area contributed by atoms with Gasteiger partial charge in [0.15, 0.2) is 0 Å². The van der Waals surface area contributed by atoms with Gasteiger partial charge in [-0.15, -0.1) is 0 Å². The molecule has 0 fully saturated rings. The number of fused-ring (bicyclic) bond motifs is 1. The molecule has 2 amide bonds. The molecule has 152 valence electrons. The summed E-state index contributed by atoms with van der Waals surface area (Å²) in [4.78, 5) is 25.7. The standard InChI is InChI=1S/C25H25N3O2/c1-16-14-19-17(2)12-13-26-23(19)20(15-16)25(30)28-22-11-7-6-10-21(22)27-24(29)18-8-4-3-5-9-18/h3-11,14-15,17,26H,12-13H2,1-2H3,(H,27,29)(H,28,30). The molecule has 0 saturated carbocycles. The van der Waals surface area contributed by atoms with Crippen molar-refractivity contribution in [2.45, 2.75) is 26.2 Å². The third kappa shape index (κ3) is 4.06. The summed E-state index contributed by atoms with van der Waals surface area (Å²) in [5.74, 6) is -0.0103. The first-order chi connectivity index (χ1) is 14.5. The topological polar surface area (TPSA) is 70.2 Å². The maximum absolute atomic E-state index is 13.2. The number of amides is 2. The summed E-state index contributed by atoms with van der Waals surface area (Å²) in [6, 6.07) is 20.3. The fourth-order valence-corrected chi connectivity index (χ4v) is 3.82. The quantitative estimate of drug-likeness (QED) is 0.549. The van der Waals surface area contributed by atoms with Gasteiger partial charge in [0, 0.05) is 12.1 Å².